The largest absolute Gasteiger partial charge is 0.320 e. The molecule has 0 bridgehead atoms. The van der Waals surface area contributed by atoms with Crippen LogP contribution >= 0.6 is 0 Å². The quantitative estimate of drug-likeness (QED) is 0.859. The van der Waals surface area contributed by atoms with Crippen molar-refractivity contribution in [3.05, 3.63) is 59.2 Å². The lowest BCUT2D eigenvalue weighted by molar-refractivity contribution is -0.110. The molecule has 1 aliphatic heterocycles. The topological polar surface area (TPSA) is 44.7 Å². The van der Waals surface area contributed by atoms with Gasteiger partial charge in [0.25, 0.3) is 5.91 Å². The summed E-state index contributed by atoms with van der Waals surface area (Å²) < 4.78 is 0. The summed E-state index contributed by atoms with van der Waals surface area (Å²) in [6.07, 6.45) is 0. The summed E-state index contributed by atoms with van der Waals surface area (Å²) in [5.41, 5.74) is 5.33. The highest BCUT2D eigenvalue weighted by atomic mass is 16.2. The lowest BCUT2D eigenvalue weighted by atomic mass is 10.0. The number of hydrazone groups is 1. The van der Waals surface area contributed by atoms with Gasteiger partial charge in [0.1, 0.15) is 0 Å². The van der Waals surface area contributed by atoms with Crippen molar-refractivity contribution >= 4 is 23.0 Å². The van der Waals surface area contributed by atoms with E-state index in [0.717, 1.165) is 28.1 Å². The second-order valence-corrected chi connectivity index (χ2v) is 5.27. The Morgan fingerprint density at radius 1 is 1.10 bits per heavy atom. The number of rotatable bonds is 2. The molecule has 0 atom stereocenters. The molecule has 0 saturated carbocycles. The zero-order valence-electron chi connectivity index (χ0n) is 12.3. The summed E-state index contributed by atoms with van der Waals surface area (Å²) in [6.45, 7) is 4.02. The van der Waals surface area contributed by atoms with E-state index in [0.29, 0.717) is 5.71 Å². The molecule has 0 fully saturated rings. The molecule has 1 amide bonds. The Balaban J connectivity index is 2.05. The second kappa shape index (κ2) is 5.05. The summed E-state index contributed by atoms with van der Waals surface area (Å²) >= 11 is 0. The van der Waals surface area contributed by atoms with Gasteiger partial charge >= 0.3 is 0 Å². The third-order valence-corrected chi connectivity index (χ3v) is 3.57. The molecular formula is C17H17N3O. The number of amides is 1. The average Bonchev–Trinajstić information content (AvgIpc) is 2.77. The van der Waals surface area contributed by atoms with E-state index in [-0.39, 0.29) is 5.91 Å². The van der Waals surface area contributed by atoms with Crippen molar-refractivity contribution in [3.8, 4) is 0 Å². The van der Waals surface area contributed by atoms with Crippen LogP contribution in [0, 0.1) is 13.8 Å². The molecule has 0 saturated heterocycles. The molecular weight excluding hydrogens is 262 g/mol. The fraction of sp³-hybridized carbons (Fsp3) is 0.176. The van der Waals surface area contributed by atoms with Crippen LogP contribution in [0.3, 0.4) is 0 Å². The smallest absolute Gasteiger partial charge is 0.276 e. The predicted octanol–water partition coefficient (Wildman–Crippen LogP) is 3.10. The van der Waals surface area contributed by atoms with Crippen LogP contribution in [0.1, 0.15) is 16.7 Å². The van der Waals surface area contributed by atoms with Crippen LogP contribution in [0.2, 0.25) is 0 Å². The molecule has 4 heteroatoms. The van der Waals surface area contributed by atoms with Crippen molar-refractivity contribution in [3.63, 3.8) is 0 Å². The van der Waals surface area contributed by atoms with Gasteiger partial charge in [0.15, 0.2) is 5.71 Å². The molecule has 1 N–H and O–H groups in total. The van der Waals surface area contributed by atoms with Crippen molar-refractivity contribution in [1.29, 1.82) is 0 Å². The molecule has 0 unspecified atom stereocenters. The number of aryl methyl sites for hydroxylation is 2. The van der Waals surface area contributed by atoms with Crippen LogP contribution in [0.25, 0.3) is 0 Å². The van der Waals surface area contributed by atoms with Gasteiger partial charge in [0, 0.05) is 12.6 Å². The standard InChI is InChI=1S/C17H17N3O/c1-11-9-12(2)15-14(10-11)16(17(21)18-15)19-20(3)13-7-5-4-6-8-13/h4-10H,1-3H3,(H,18,19,21). The minimum atomic E-state index is -0.151. The predicted molar refractivity (Wildman–Crippen MR) is 85.9 cm³/mol. The number of anilines is 2. The van der Waals surface area contributed by atoms with Crippen molar-refractivity contribution in [2.24, 2.45) is 5.10 Å². The third kappa shape index (κ3) is 2.40. The van der Waals surface area contributed by atoms with Gasteiger partial charge in [-0.15, -0.1) is 0 Å². The number of para-hydroxylation sites is 1. The molecule has 1 aliphatic rings. The summed E-state index contributed by atoms with van der Waals surface area (Å²) in [5, 5.41) is 9.12. The van der Waals surface area contributed by atoms with Gasteiger partial charge in [-0.2, -0.15) is 5.10 Å². The van der Waals surface area contributed by atoms with Gasteiger partial charge in [0.2, 0.25) is 0 Å². The molecule has 2 aromatic rings. The van der Waals surface area contributed by atoms with Crippen LogP contribution in [0.15, 0.2) is 47.6 Å². The van der Waals surface area contributed by atoms with Gasteiger partial charge in [-0.3, -0.25) is 9.80 Å². The highest BCUT2D eigenvalue weighted by molar-refractivity contribution is 6.54. The Hall–Kier alpha value is -2.62. The number of nitrogens with one attached hydrogen (secondary N) is 1. The average molecular weight is 279 g/mol. The Bertz CT molecular complexity index is 735. The normalized spacial score (nSPS) is 15.0. The number of nitrogens with zero attached hydrogens (tertiary/aromatic N) is 2. The van der Waals surface area contributed by atoms with Crippen molar-refractivity contribution in [2.75, 3.05) is 17.4 Å². The summed E-state index contributed by atoms with van der Waals surface area (Å²) in [5.74, 6) is -0.151. The Morgan fingerprint density at radius 3 is 2.52 bits per heavy atom. The molecule has 4 nitrogen and oxygen atoms in total. The monoisotopic (exact) mass is 279 g/mol. The SMILES string of the molecule is Cc1cc(C)c2c(c1)C(=NN(C)c1ccccc1)C(=O)N2. The molecule has 0 spiro atoms. The summed E-state index contributed by atoms with van der Waals surface area (Å²) in [6, 6.07) is 13.8. The van der Waals surface area contributed by atoms with Crippen molar-refractivity contribution < 1.29 is 4.79 Å². The first-order valence-corrected chi connectivity index (χ1v) is 6.86. The van der Waals surface area contributed by atoms with Crippen LogP contribution < -0.4 is 10.3 Å². The van der Waals surface area contributed by atoms with E-state index in [1.54, 1.807) is 5.01 Å². The first-order valence-electron chi connectivity index (χ1n) is 6.86. The fourth-order valence-electron chi connectivity index (χ4n) is 2.57. The first kappa shape index (κ1) is 13.4. The van der Waals surface area contributed by atoms with E-state index in [9.17, 15) is 4.79 Å². The van der Waals surface area contributed by atoms with Crippen LogP contribution in [-0.4, -0.2) is 18.7 Å². The molecule has 2 aromatic carbocycles. The molecule has 0 aliphatic carbocycles. The van der Waals surface area contributed by atoms with Gasteiger partial charge < -0.3 is 5.32 Å². The highest BCUT2D eigenvalue weighted by Crippen LogP contribution is 2.29. The number of carbonyl (C=O) groups is 1. The number of carbonyl (C=O) groups excluding carboxylic acids is 1. The van der Waals surface area contributed by atoms with Crippen LogP contribution in [0.5, 0.6) is 0 Å². The minimum Gasteiger partial charge on any atom is -0.320 e. The summed E-state index contributed by atoms with van der Waals surface area (Å²) in [4.78, 5) is 12.2. The molecule has 0 aromatic heterocycles. The van der Waals surface area contributed by atoms with Gasteiger partial charge in [-0.05, 0) is 37.6 Å². The maximum atomic E-state index is 12.2. The molecule has 3 rings (SSSR count). The van der Waals surface area contributed by atoms with Gasteiger partial charge in [-0.25, -0.2) is 0 Å². The number of benzene rings is 2. The van der Waals surface area contributed by atoms with Crippen LogP contribution in [-0.2, 0) is 4.79 Å². The number of hydrogen-bond donors (Lipinski definition) is 1. The van der Waals surface area contributed by atoms with Crippen LogP contribution in [0.4, 0.5) is 11.4 Å². The number of hydrogen-bond acceptors (Lipinski definition) is 3. The van der Waals surface area contributed by atoms with Crippen molar-refractivity contribution in [1.82, 2.24) is 0 Å². The highest BCUT2D eigenvalue weighted by Gasteiger charge is 2.28. The van der Waals surface area contributed by atoms with Crippen molar-refractivity contribution in [2.45, 2.75) is 13.8 Å². The first-order chi connectivity index (χ1) is 10.1. The Kier molecular flexibility index (Phi) is 3.22. The van der Waals surface area contributed by atoms with E-state index in [2.05, 4.69) is 16.5 Å². The molecule has 106 valence electrons. The Labute approximate surface area is 124 Å². The third-order valence-electron chi connectivity index (χ3n) is 3.57. The van der Waals surface area contributed by atoms with E-state index in [1.807, 2.05) is 57.3 Å². The van der Waals surface area contributed by atoms with E-state index < -0.39 is 0 Å². The maximum absolute atomic E-state index is 12.2. The lowest BCUT2D eigenvalue weighted by Crippen LogP contribution is -2.20. The second-order valence-electron chi connectivity index (χ2n) is 5.27. The molecule has 21 heavy (non-hydrogen) atoms. The zero-order chi connectivity index (χ0) is 15.0. The van der Waals surface area contributed by atoms with E-state index in [4.69, 9.17) is 0 Å². The number of fused-ring (bicyclic) bond motifs is 1. The zero-order valence-corrected chi connectivity index (χ0v) is 12.3. The molecule has 0 radical (unpaired) electrons. The molecule has 1 heterocycles. The fourth-order valence-corrected chi connectivity index (χ4v) is 2.57. The lowest BCUT2D eigenvalue weighted by Gasteiger charge is -2.13. The summed E-state index contributed by atoms with van der Waals surface area (Å²) in [7, 11) is 1.84. The van der Waals surface area contributed by atoms with Gasteiger partial charge in [-0.1, -0.05) is 29.8 Å². The maximum Gasteiger partial charge on any atom is 0.276 e. The van der Waals surface area contributed by atoms with E-state index in [1.165, 1.54) is 0 Å². The van der Waals surface area contributed by atoms with Gasteiger partial charge in [0.05, 0.1) is 11.4 Å². The van der Waals surface area contributed by atoms with E-state index >= 15 is 0 Å². The minimum absolute atomic E-state index is 0.151. The Morgan fingerprint density at radius 2 is 1.81 bits per heavy atom.